The van der Waals surface area contributed by atoms with Crippen LogP contribution in [-0.4, -0.2) is 41.2 Å². The summed E-state index contributed by atoms with van der Waals surface area (Å²) in [7, 11) is -3.92. The quantitative estimate of drug-likeness (QED) is 0.296. The zero-order valence-electron chi connectivity index (χ0n) is 24.0. The first-order chi connectivity index (χ1) is 19.1. The smallest absolute Gasteiger partial charge is 0.248 e. The molecule has 0 saturated heterocycles. The van der Waals surface area contributed by atoms with Gasteiger partial charge in [-0.15, -0.1) is 0 Å². The lowest BCUT2D eigenvalue weighted by Crippen LogP contribution is -2.24. The molecule has 11 heteroatoms. The topological polar surface area (TPSA) is 125 Å². The molecule has 1 aromatic carbocycles. The number of halogens is 2. The number of nitrogens with one attached hydrogen (secondary N) is 1. The van der Waals surface area contributed by atoms with Crippen LogP contribution in [0.3, 0.4) is 0 Å². The van der Waals surface area contributed by atoms with Crippen molar-refractivity contribution in [3.63, 3.8) is 0 Å². The number of carbonyl (C=O) groups excluding carboxylic acids is 1. The second-order valence-corrected chi connectivity index (χ2v) is 13.1. The molecule has 8 nitrogen and oxygen atoms in total. The molecule has 1 amide bonds. The van der Waals surface area contributed by atoms with Crippen LogP contribution in [0.1, 0.15) is 76.3 Å². The van der Waals surface area contributed by atoms with Gasteiger partial charge in [0.05, 0.1) is 16.5 Å². The highest BCUT2D eigenvalue weighted by Gasteiger charge is 2.34. The summed E-state index contributed by atoms with van der Waals surface area (Å²) in [5.74, 6) is -1.04. The van der Waals surface area contributed by atoms with Gasteiger partial charge >= 0.3 is 0 Å². The van der Waals surface area contributed by atoms with Crippen LogP contribution in [0.15, 0.2) is 53.2 Å². The summed E-state index contributed by atoms with van der Waals surface area (Å²) in [5.41, 5.74) is 3.81. The third-order valence-electron chi connectivity index (χ3n) is 6.88. The van der Waals surface area contributed by atoms with Gasteiger partial charge in [0.15, 0.2) is 5.82 Å². The summed E-state index contributed by atoms with van der Waals surface area (Å²) in [6, 6.07) is 13.7. The molecular formula is C30H38F2N3O5S-. The van der Waals surface area contributed by atoms with Crippen LogP contribution >= 0.6 is 0 Å². The summed E-state index contributed by atoms with van der Waals surface area (Å²) >= 11 is 0. The minimum absolute atomic E-state index is 0.0357. The molecule has 2 aromatic heterocycles. The van der Waals surface area contributed by atoms with Crippen LogP contribution in [0.25, 0.3) is 11.1 Å². The number of aryl methyl sites for hydroxylation is 1. The van der Waals surface area contributed by atoms with E-state index in [2.05, 4.69) is 21.5 Å². The maximum absolute atomic E-state index is 13.3. The zero-order valence-corrected chi connectivity index (χ0v) is 24.8. The summed E-state index contributed by atoms with van der Waals surface area (Å²) in [4.78, 5) is 17.0. The molecule has 224 valence electrons. The molecule has 1 fully saturated rings. The van der Waals surface area contributed by atoms with Gasteiger partial charge in [-0.1, -0.05) is 62.7 Å². The fraction of sp³-hybridized carbons (Fsp3) is 0.500. The number of anilines is 1. The highest BCUT2D eigenvalue weighted by molar-refractivity contribution is 7.84. The number of alkyl halides is 2. The van der Waals surface area contributed by atoms with E-state index in [0.717, 1.165) is 47.4 Å². The molecule has 1 N–H and O–H groups in total. The molecule has 41 heavy (non-hydrogen) atoms. The SMILES string of the molecule is CC(C)(C)c1cc(NC(=O)Cc2ccc(-c3ccc(CCCC4CCC(F)(F)CC4)nc3)cc2)no1.CS(=O)(=O)[O-]. The van der Waals surface area contributed by atoms with Crippen molar-refractivity contribution in [3.05, 3.63) is 65.7 Å². The van der Waals surface area contributed by atoms with E-state index in [4.69, 9.17) is 17.5 Å². The number of rotatable bonds is 8. The summed E-state index contributed by atoms with van der Waals surface area (Å²) in [5, 5.41) is 6.72. The lowest BCUT2D eigenvalue weighted by Gasteiger charge is -2.28. The zero-order chi connectivity index (χ0) is 30.3. The Hall–Kier alpha value is -3.18. The van der Waals surface area contributed by atoms with Crippen LogP contribution in [-0.2, 0) is 33.2 Å². The molecule has 0 radical (unpaired) electrons. The van der Waals surface area contributed by atoms with E-state index < -0.39 is 16.0 Å². The Bertz CT molecular complexity index is 1360. The van der Waals surface area contributed by atoms with Gasteiger partial charge < -0.3 is 14.4 Å². The number of aromatic nitrogens is 2. The lowest BCUT2D eigenvalue weighted by molar-refractivity contribution is -0.115. The van der Waals surface area contributed by atoms with Crippen molar-refractivity contribution >= 4 is 21.8 Å². The molecular weight excluding hydrogens is 552 g/mol. The minimum Gasteiger partial charge on any atom is -0.748 e. The first-order valence-corrected chi connectivity index (χ1v) is 15.5. The number of amides is 1. The molecule has 1 aliphatic rings. The van der Waals surface area contributed by atoms with E-state index in [1.807, 2.05) is 57.3 Å². The number of pyridine rings is 1. The maximum atomic E-state index is 13.3. The van der Waals surface area contributed by atoms with Gasteiger partial charge in [0.25, 0.3) is 0 Å². The van der Waals surface area contributed by atoms with Crippen molar-refractivity contribution in [2.45, 2.75) is 83.5 Å². The van der Waals surface area contributed by atoms with Gasteiger partial charge in [0.1, 0.15) is 5.76 Å². The van der Waals surface area contributed by atoms with Crippen molar-refractivity contribution < 1.29 is 31.1 Å². The monoisotopic (exact) mass is 590 g/mol. The molecule has 0 aliphatic heterocycles. The van der Waals surface area contributed by atoms with Crippen molar-refractivity contribution in [2.75, 3.05) is 11.6 Å². The lowest BCUT2D eigenvalue weighted by atomic mass is 9.83. The Morgan fingerprint density at radius 1 is 1.10 bits per heavy atom. The molecule has 1 aliphatic carbocycles. The summed E-state index contributed by atoms with van der Waals surface area (Å²) in [6.45, 7) is 6.07. The number of hydrogen-bond donors (Lipinski definition) is 1. The third kappa shape index (κ3) is 11.7. The van der Waals surface area contributed by atoms with Crippen molar-refractivity contribution in [1.29, 1.82) is 0 Å². The Labute approximate surface area is 240 Å². The molecule has 0 unspecified atom stereocenters. The molecule has 2 heterocycles. The van der Waals surface area contributed by atoms with Crippen LogP contribution in [0.4, 0.5) is 14.6 Å². The fourth-order valence-electron chi connectivity index (χ4n) is 4.58. The highest BCUT2D eigenvalue weighted by atomic mass is 32.2. The number of carbonyl (C=O) groups is 1. The van der Waals surface area contributed by atoms with Gasteiger partial charge in [0.2, 0.25) is 11.8 Å². The van der Waals surface area contributed by atoms with Crippen molar-refractivity contribution in [1.82, 2.24) is 10.1 Å². The van der Waals surface area contributed by atoms with Crippen LogP contribution in [0.5, 0.6) is 0 Å². The van der Waals surface area contributed by atoms with Crippen molar-refractivity contribution in [2.24, 2.45) is 5.92 Å². The van der Waals surface area contributed by atoms with Crippen LogP contribution in [0.2, 0.25) is 0 Å². The second kappa shape index (κ2) is 13.7. The average molecular weight is 591 g/mol. The molecule has 4 rings (SSSR count). The van der Waals surface area contributed by atoms with Gasteiger partial charge in [-0.3, -0.25) is 9.78 Å². The van der Waals surface area contributed by atoms with E-state index in [1.165, 1.54) is 0 Å². The number of hydrogen-bond acceptors (Lipinski definition) is 7. The molecule has 0 atom stereocenters. The van der Waals surface area contributed by atoms with Gasteiger partial charge in [-0.2, -0.15) is 0 Å². The Morgan fingerprint density at radius 2 is 1.71 bits per heavy atom. The van der Waals surface area contributed by atoms with Gasteiger partial charge in [-0.05, 0) is 48.8 Å². The van der Waals surface area contributed by atoms with Crippen LogP contribution < -0.4 is 5.32 Å². The normalized spacial score (nSPS) is 15.6. The van der Waals surface area contributed by atoms with E-state index >= 15 is 0 Å². The summed E-state index contributed by atoms with van der Waals surface area (Å²) < 4.78 is 59.1. The molecule has 0 spiro atoms. The standard InChI is InChI=1S/C29H35F2N3O2.CH4O3S/c1-28(2,3)25-18-26(34-36-25)33-27(35)17-21-7-9-22(10-8-21)23-11-12-24(32-19-23)6-4-5-20-13-15-29(30,31)16-14-20;1-5(2,3)4/h7-12,18-20H,4-6,13-17H2,1-3H3,(H,33,34,35);1H3,(H,2,3,4)/p-1. The first kappa shape index (κ1) is 32.3. The molecule has 1 saturated carbocycles. The second-order valence-electron chi connectivity index (χ2n) is 11.7. The van der Waals surface area contributed by atoms with E-state index in [-0.39, 0.29) is 30.6 Å². The minimum atomic E-state index is -3.92. The fourth-order valence-corrected chi connectivity index (χ4v) is 4.58. The third-order valence-corrected chi connectivity index (χ3v) is 6.88. The van der Waals surface area contributed by atoms with E-state index in [0.29, 0.717) is 30.8 Å². The van der Waals surface area contributed by atoms with Crippen LogP contribution in [0, 0.1) is 5.92 Å². The molecule has 3 aromatic rings. The number of nitrogens with zero attached hydrogens (tertiary/aromatic N) is 2. The Morgan fingerprint density at radius 3 is 2.24 bits per heavy atom. The summed E-state index contributed by atoms with van der Waals surface area (Å²) in [6.07, 6.45) is 6.89. The predicted molar refractivity (Wildman–Crippen MR) is 153 cm³/mol. The Balaban J connectivity index is 0.000000850. The predicted octanol–water partition coefficient (Wildman–Crippen LogP) is 6.52. The van der Waals surface area contributed by atoms with E-state index in [9.17, 15) is 13.6 Å². The highest BCUT2D eigenvalue weighted by Crippen LogP contribution is 2.38. The maximum Gasteiger partial charge on any atom is 0.248 e. The van der Waals surface area contributed by atoms with E-state index in [1.54, 1.807) is 6.07 Å². The Kier molecular flexibility index (Phi) is 10.8. The largest absolute Gasteiger partial charge is 0.748 e. The van der Waals surface area contributed by atoms with Crippen molar-refractivity contribution in [3.8, 4) is 11.1 Å². The van der Waals surface area contributed by atoms with Gasteiger partial charge in [0, 0.05) is 48.0 Å². The first-order valence-electron chi connectivity index (χ1n) is 13.7. The average Bonchev–Trinajstić information content (AvgIpc) is 3.34. The van der Waals surface area contributed by atoms with Gasteiger partial charge in [-0.25, -0.2) is 17.2 Å². The molecule has 0 bridgehead atoms. The number of benzene rings is 1.